The molecule has 0 spiro atoms. The Morgan fingerprint density at radius 2 is 2.07 bits per heavy atom. The molecule has 1 aromatic rings. The molecule has 0 fully saturated rings. The summed E-state index contributed by atoms with van der Waals surface area (Å²) in [4.78, 5) is 0.534. The van der Waals surface area contributed by atoms with Crippen molar-refractivity contribution in [2.45, 2.75) is 11.0 Å². The Balaban J connectivity index is 2.57. The van der Waals surface area contributed by atoms with Gasteiger partial charge in [0.15, 0.2) is 0 Å². The summed E-state index contributed by atoms with van der Waals surface area (Å²) in [5.41, 5.74) is 0. The van der Waals surface area contributed by atoms with Crippen molar-refractivity contribution >= 4 is 10.8 Å². The van der Waals surface area contributed by atoms with Crippen LogP contribution in [0.3, 0.4) is 0 Å². The van der Waals surface area contributed by atoms with Gasteiger partial charge in [-0.25, -0.2) is 4.39 Å². The summed E-state index contributed by atoms with van der Waals surface area (Å²) >= 11 is 0. The van der Waals surface area contributed by atoms with Crippen LogP contribution >= 0.6 is 0 Å². The molecule has 1 aromatic carbocycles. The fourth-order valence-electron chi connectivity index (χ4n) is 1.15. The fraction of sp³-hybridized carbons (Fsp3) is 0.400. The number of aliphatic hydroxyl groups is 1. The van der Waals surface area contributed by atoms with Gasteiger partial charge in [0.25, 0.3) is 0 Å². The van der Waals surface area contributed by atoms with Crippen molar-refractivity contribution in [3.63, 3.8) is 0 Å². The SMILES string of the molecule is CNCC(O)CS(=O)c1ccc(F)cc1. The second-order valence-corrected chi connectivity index (χ2v) is 4.67. The lowest BCUT2D eigenvalue weighted by atomic mass is 10.3. The quantitative estimate of drug-likeness (QED) is 0.776. The number of aliphatic hydroxyl groups excluding tert-OH is 1. The topological polar surface area (TPSA) is 49.3 Å². The first-order chi connectivity index (χ1) is 7.13. The second kappa shape index (κ2) is 5.95. The molecular formula is C10H14FNO2S. The Kier molecular flexibility index (Phi) is 4.87. The molecule has 15 heavy (non-hydrogen) atoms. The molecule has 0 aromatic heterocycles. The van der Waals surface area contributed by atoms with E-state index in [0.29, 0.717) is 11.4 Å². The summed E-state index contributed by atoms with van der Waals surface area (Å²) in [7, 11) is 0.432. The standard InChI is InChI=1S/C10H14FNO2S/c1-12-6-9(13)7-15(14)10-4-2-8(11)3-5-10/h2-5,9,12-13H,6-7H2,1H3. The van der Waals surface area contributed by atoms with E-state index in [1.54, 1.807) is 7.05 Å². The van der Waals surface area contributed by atoms with Crippen LogP contribution in [-0.4, -0.2) is 34.8 Å². The highest BCUT2D eigenvalue weighted by Gasteiger charge is 2.10. The number of nitrogens with one attached hydrogen (secondary N) is 1. The maximum atomic E-state index is 12.6. The normalized spacial score (nSPS) is 14.9. The van der Waals surface area contributed by atoms with Crippen molar-refractivity contribution in [3.05, 3.63) is 30.1 Å². The summed E-state index contributed by atoms with van der Waals surface area (Å²) in [5.74, 6) is -0.196. The highest BCUT2D eigenvalue weighted by molar-refractivity contribution is 7.85. The molecule has 0 saturated heterocycles. The minimum atomic E-state index is -1.28. The van der Waals surface area contributed by atoms with Crippen LogP contribution in [0.1, 0.15) is 0 Å². The van der Waals surface area contributed by atoms with Crippen LogP contribution in [0.15, 0.2) is 29.2 Å². The molecule has 0 aliphatic rings. The molecule has 0 aliphatic heterocycles. The van der Waals surface area contributed by atoms with Crippen LogP contribution in [-0.2, 0) is 10.8 Å². The smallest absolute Gasteiger partial charge is 0.123 e. The molecule has 1 rings (SSSR count). The predicted molar refractivity (Wildman–Crippen MR) is 57.6 cm³/mol. The zero-order valence-electron chi connectivity index (χ0n) is 8.44. The molecule has 2 N–H and O–H groups in total. The van der Waals surface area contributed by atoms with Crippen molar-refractivity contribution in [2.75, 3.05) is 19.3 Å². The minimum Gasteiger partial charge on any atom is -0.391 e. The third-order valence-corrected chi connectivity index (χ3v) is 3.35. The van der Waals surface area contributed by atoms with E-state index in [-0.39, 0.29) is 11.6 Å². The minimum absolute atomic E-state index is 0.159. The summed E-state index contributed by atoms with van der Waals surface area (Å²) in [6.07, 6.45) is -0.652. The molecule has 0 aliphatic carbocycles. The zero-order chi connectivity index (χ0) is 11.3. The van der Waals surface area contributed by atoms with Crippen LogP contribution in [0, 0.1) is 5.82 Å². The first-order valence-corrected chi connectivity index (χ1v) is 5.92. The van der Waals surface area contributed by atoms with E-state index in [0.717, 1.165) is 0 Å². The van der Waals surface area contributed by atoms with Crippen LogP contribution in [0.25, 0.3) is 0 Å². The average Bonchev–Trinajstić information content (AvgIpc) is 2.18. The predicted octanol–water partition coefficient (Wildman–Crippen LogP) is 0.514. The maximum absolute atomic E-state index is 12.6. The first-order valence-electron chi connectivity index (χ1n) is 4.60. The largest absolute Gasteiger partial charge is 0.391 e. The van der Waals surface area contributed by atoms with E-state index in [9.17, 15) is 13.7 Å². The van der Waals surface area contributed by atoms with Crippen molar-refractivity contribution in [3.8, 4) is 0 Å². The van der Waals surface area contributed by atoms with Crippen molar-refractivity contribution in [2.24, 2.45) is 0 Å². The molecule has 0 amide bonds. The Morgan fingerprint density at radius 3 is 2.60 bits per heavy atom. The van der Waals surface area contributed by atoms with Crippen molar-refractivity contribution in [1.29, 1.82) is 0 Å². The van der Waals surface area contributed by atoms with Gasteiger partial charge in [0.05, 0.1) is 22.7 Å². The van der Waals surface area contributed by atoms with Gasteiger partial charge in [-0.1, -0.05) is 0 Å². The lowest BCUT2D eigenvalue weighted by Crippen LogP contribution is -2.28. The zero-order valence-corrected chi connectivity index (χ0v) is 9.26. The number of hydrogen-bond donors (Lipinski definition) is 2. The van der Waals surface area contributed by atoms with Crippen molar-refractivity contribution in [1.82, 2.24) is 5.32 Å². The van der Waals surface area contributed by atoms with E-state index in [1.807, 2.05) is 0 Å². The molecule has 2 unspecified atom stereocenters. The van der Waals surface area contributed by atoms with Crippen LogP contribution in [0.5, 0.6) is 0 Å². The second-order valence-electron chi connectivity index (χ2n) is 3.18. The van der Waals surface area contributed by atoms with Crippen LogP contribution in [0.2, 0.25) is 0 Å². The molecule has 0 heterocycles. The molecule has 84 valence electrons. The van der Waals surface area contributed by atoms with Gasteiger partial charge in [0, 0.05) is 11.4 Å². The van der Waals surface area contributed by atoms with Gasteiger partial charge < -0.3 is 10.4 Å². The third-order valence-electron chi connectivity index (χ3n) is 1.86. The number of halogens is 1. The number of rotatable bonds is 5. The molecule has 2 atom stereocenters. The Hall–Kier alpha value is -0.780. The van der Waals surface area contributed by atoms with Gasteiger partial charge >= 0.3 is 0 Å². The summed E-state index contributed by atoms with van der Waals surface area (Å²) in [6, 6.07) is 5.46. The highest BCUT2D eigenvalue weighted by Crippen LogP contribution is 2.08. The third kappa shape index (κ3) is 4.07. The molecular weight excluding hydrogens is 217 g/mol. The number of likely N-dealkylation sites (N-methyl/N-ethyl adjacent to an activating group) is 1. The summed E-state index contributed by atoms with van der Waals surface area (Å²) < 4.78 is 24.2. The van der Waals surface area contributed by atoms with Gasteiger partial charge in [0.1, 0.15) is 5.82 Å². The van der Waals surface area contributed by atoms with E-state index in [2.05, 4.69) is 5.32 Å². The number of hydrogen-bond acceptors (Lipinski definition) is 3. The van der Waals surface area contributed by atoms with Gasteiger partial charge in [-0.3, -0.25) is 4.21 Å². The van der Waals surface area contributed by atoms with E-state index in [4.69, 9.17) is 0 Å². The molecule has 0 radical (unpaired) electrons. The monoisotopic (exact) mass is 231 g/mol. The van der Waals surface area contributed by atoms with Crippen molar-refractivity contribution < 1.29 is 13.7 Å². The van der Waals surface area contributed by atoms with Gasteiger partial charge in [-0.15, -0.1) is 0 Å². The molecule has 0 bridgehead atoms. The highest BCUT2D eigenvalue weighted by atomic mass is 32.2. The van der Waals surface area contributed by atoms with Gasteiger partial charge in [-0.2, -0.15) is 0 Å². The Morgan fingerprint density at radius 1 is 1.47 bits per heavy atom. The molecule has 5 heteroatoms. The average molecular weight is 231 g/mol. The van der Waals surface area contributed by atoms with Crippen LogP contribution in [0.4, 0.5) is 4.39 Å². The fourth-order valence-corrected chi connectivity index (χ4v) is 2.25. The molecule has 0 saturated carbocycles. The number of benzene rings is 1. The van der Waals surface area contributed by atoms with E-state index in [1.165, 1.54) is 24.3 Å². The maximum Gasteiger partial charge on any atom is 0.123 e. The van der Waals surface area contributed by atoms with E-state index >= 15 is 0 Å². The lowest BCUT2D eigenvalue weighted by Gasteiger charge is -2.09. The molecule has 3 nitrogen and oxygen atoms in total. The first kappa shape index (κ1) is 12.3. The summed E-state index contributed by atoms with van der Waals surface area (Å²) in [6.45, 7) is 0.396. The lowest BCUT2D eigenvalue weighted by molar-refractivity contribution is 0.198. The van der Waals surface area contributed by atoms with Gasteiger partial charge in [-0.05, 0) is 31.3 Å². The van der Waals surface area contributed by atoms with E-state index < -0.39 is 16.9 Å². The van der Waals surface area contributed by atoms with Crippen LogP contribution < -0.4 is 5.32 Å². The Bertz CT molecular complexity index is 329. The van der Waals surface area contributed by atoms with Gasteiger partial charge in [0.2, 0.25) is 0 Å². The summed E-state index contributed by atoms with van der Waals surface area (Å²) in [5, 5.41) is 12.2. The Labute approximate surface area is 90.8 Å².